The normalized spacial score (nSPS) is 14.1. The van der Waals surface area contributed by atoms with Gasteiger partial charge in [0.15, 0.2) is 28.7 Å². The van der Waals surface area contributed by atoms with Crippen LogP contribution in [0.2, 0.25) is 0 Å². The number of para-hydroxylation sites is 4. The summed E-state index contributed by atoms with van der Waals surface area (Å²) in [5.41, 5.74) is -2.97. The molecule has 3 aromatic carbocycles. The van der Waals surface area contributed by atoms with Crippen LogP contribution < -0.4 is 24.3 Å². The van der Waals surface area contributed by atoms with Crippen LogP contribution in [0.25, 0.3) is 0 Å². The lowest BCUT2D eigenvalue weighted by Gasteiger charge is -2.23. The molecule has 38 heavy (non-hydrogen) atoms. The number of anilines is 1. The SMILES string of the molecule is O=[N+]([O-])c1cc([N+](=O)[O-])c(NC2COc3ccccc3OCCCOc3ccccc3OC2)c([N+](=O)[O-])c1. The number of ether oxygens (including phenoxy) is 4. The van der Waals surface area contributed by atoms with E-state index in [1.165, 1.54) is 0 Å². The van der Waals surface area contributed by atoms with Crippen molar-refractivity contribution in [2.75, 3.05) is 31.7 Å². The molecule has 0 spiro atoms. The Labute approximate surface area is 215 Å². The average molecular weight is 526 g/mol. The lowest BCUT2D eigenvalue weighted by atomic mass is 10.1. The summed E-state index contributed by atoms with van der Waals surface area (Å²) < 4.78 is 23.5. The minimum absolute atomic E-state index is 0.158. The van der Waals surface area contributed by atoms with E-state index in [2.05, 4.69) is 5.32 Å². The molecule has 0 amide bonds. The summed E-state index contributed by atoms with van der Waals surface area (Å²) in [5, 5.41) is 37.5. The third kappa shape index (κ3) is 6.16. The van der Waals surface area contributed by atoms with E-state index >= 15 is 0 Å². The molecule has 0 aliphatic carbocycles. The third-order valence-electron chi connectivity index (χ3n) is 5.42. The molecule has 1 heterocycles. The highest BCUT2D eigenvalue weighted by atomic mass is 16.6. The van der Waals surface area contributed by atoms with E-state index in [0.29, 0.717) is 54.8 Å². The molecule has 1 N–H and O–H groups in total. The van der Waals surface area contributed by atoms with Gasteiger partial charge < -0.3 is 24.3 Å². The topological polar surface area (TPSA) is 178 Å². The zero-order chi connectivity index (χ0) is 27.1. The van der Waals surface area contributed by atoms with Crippen LogP contribution in [0.3, 0.4) is 0 Å². The van der Waals surface area contributed by atoms with Gasteiger partial charge in [-0.1, -0.05) is 24.3 Å². The maximum atomic E-state index is 11.7. The molecule has 0 bridgehead atoms. The zero-order valence-electron chi connectivity index (χ0n) is 19.8. The molecule has 14 nitrogen and oxygen atoms in total. The summed E-state index contributed by atoms with van der Waals surface area (Å²) in [4.78, 5) is 31.9. The molecule has 1 aliphatic rings. The highest BCUT2D eigenvalue weighted by molar-refractivity contribution is 5.77. The number of benzene rings is 3. The van der Waals surface area contributed by atoms with Gasteiger partial charge in [0.05, 0.1) is 46.2 Å². The molecule has 0 saturated carbocycles. The Hall–Kier alpha value is -5.14. The molecule has 1 aliphatic heterocycles. The Balaban J connectivity index is 1.71. The van der Waals surface area contributed by atoms with Crippen LogP contribution in [0, 0.1) is 30.3 Å². The number of non-ortho nitro benzene ring substituents is 1. The summed E-state index contributed by atoms with van der Waals surface area (Å²) in [7, 11) is 0. The van der Waals surface area contributed by atoms with Gasteiger partial charge in [-0.2, -0.15) is 0 Å². The number of fused-ring (bicyclic) bond motifs is 2. The summed E-state index contributed by atoms with van der Waals surface area (Å²) in [6.45, 7) is 0.363. The van der Waals surface area contributed by atoms with Crippen molar-refractivity contribution in [2.45, 2.75) is 12.5 Å². The minimum atomic E-state index is -0.939. The number of nitrogens with zero attached hydrogens (tertiary/aromatic N) is 3. The number of hydrogen-bond donors (Lipinski definition) is 1. The zero-order valence-corrected chi connectivity index (χ0v) is 19.8. The van der Waals surface area contributed by atoms with Gasteiger partial charge in [-0.15, -0.1) is 0 Å². The van der Waals surface area contributed by atoms with Crippen LogP contribution in [-0.2, 0) is 0 Å². The number of hydrogen-bond acceptors (Lipinski definition) is 11. The lowest BCUT2D eigenvalue weighted by Crippen LogP contribution is -2.34. The maximum absolute atomic E-state index is 11.7. The number of nitro groups is 3. The van der Waals surface area contributed by atoms with Crippen LogP contribution in [0.4, 0.5) is 22.7 Å². The van der Waals surface area contributed by atoms with Crippen molar-refractivity contribution in [2.24, 2.45) is 0 Å². The van der Waals surface area contributed by atoms with E-state index in [9.17, 15) is 30.3 Å². The summed E-state index contributed by atoms with van der Waals surface area (Å²) in [5.74, 6) is 1.67. The summed E-state index contributed by atoms with van der Waals surface area (Å²) in [6, 6.07) is 14.2. The highest BCUT2D eigenvalue weighted by Gasteiger charge is 2.32. The molecule has 14 heteroatoms. The fraction of sp³-hybridized carbons (Fsp3) is 0.250. The van der Waals surface area contributed by atoms with E-state index in [4.69, 9.17) is 18.9 Å². The van der Waals surface area contributed by atoms with Crippen molar-refractivity contribution in [1.82, 2.24) is 0 Å². The van der Waals surface area contributed by atoms with Gasteiger partial charge in [0.1, 0.15) is 13.2 Å². The van der Waals surface area contributed by atoms with Gasteiger partial charge in [-0.25, -0.2) is 0 Å². The van der Waals surface area contributed by atoms with Crippen molar-refractivity contribution < 1.29 is 33.7 Å². The smallest absolute Gasteiger partial charge is 0.306 e. The molecular formula is C24H22N4O10. The Morgan fingerprint density at radius 3 is 1.47 bits per heavy atom. The molecule has 0 saturated heterocycles. The minimum Gasteiger partial charge on any atom is -0.490 e. The first-order chi connectivity index (χ1) is 18.3. The molecule has 0 atom stereocenters. The quantitative estimate of drug-likeness (QED) is 0.365. The Bertz CT molecular complexity index is 1260. The Morgan fingerprint density at radius 1 is 0.658 bits per heavy atom. The van der Waals surface area contributed by atoms with Gasteiger partial charge in [-0.3, -0.25) is 30.3 Å². The van der Waals surface area contributed by atoms with E-state index < -0.39 is 43.6 Å². The first-order valence-corrected chi connectivity index (χ1v) is 11.4. The van der Waals surface area contributed by atoms with Crippen LogP contribution >= 0.6 is 0 Å². The van der Waals surface area contributed by atoms with E-state index in [1.807, 2.05) is 0 Å². The van der Waals surface area contributed by atoms with Crippen LogP contribution in [-0.4, -0.2) is 47.2 Å². The predicted octanol–water partition coefficient (Wildman–Crippen LogP) is 4.51. The molecule has 198 valence electrons. The number of nitrogens with one attached hydrogen (secondary N) is 1. The monoisotopic (exact) mass is 526 g/mol. The van der Waals surface area contributed by atoms with E-state index in [0.717, 1.165) is 0 Å². The third-order valence-corrected chi connectivity index (χ3v) is 5.42. The summed E-state index contributed by atoms with van der Waals surface area (Å²) in [6.07, 6.45) is 0.584. The fourth-order valence-corrected chi connectivity index (χ4v) is 3.66. The van der Waals surface area contributed by atoms with Gasteiger partial charge in [0, 0.05) is 6.42 Å². The predicted molar refractivity (Wildman–Crippen MR) is 133 cm³/mol. The molecule has 0 fully saturated rings. The van der Waals surface area contributed by atoms with Crippen LogP contribution in [0.5, 0.6) is 23.0 Å². The molecule has 0 radical (unpaired) electrons. The fourth-order valence-electron chi connectivity index (χ4n) is 3.66. The maximum Gasteiger partial charge on any atom is 0.306 e. The van der Waals surface area contributed by atoms with E-state index in [1.54, 1.807) is 48.5 Å². The Kier molecular flexibility index (Phi) is 8.01. The van der Waals surface area contributed by atoms with Gasteiger partial charge in [0.2, 0.25) is 0 Å². The number of nitro benzene ring substituents is 3. The second kappa shape index (κ2) is 11.7. The molecule has 4 rings (SSSR count). The first-order valence-electron chi connectivity index (χ1n) is 11.4. The average Bonchev–Trinajstić information content (AvgIpc) is 2.90. The second-order valence-corrected chi connectivity index (χ2v) is 8.04. The van der Waals surface area contributed by atoms with Gasteiger partial charge in [-0.05, 0) is 24.3 Å². The van der Waals surface area contributed by atoms with Crippen molar-refractivity contribution in [1.29, 1.82) is 0 Å². The molecular weight excluding hydrogens is 504 g/mol. The first kappa shape index (κ1) is 25.9. The summed E-state index contributed by atoms with van der Waals surface area (Å²) >= 11 is 0. The van der Waals surface area contributed by atoms with Crippen LogP contribution in [0.1, 0.15) is 6.42 Å². The Morgan fingerprint density at radius 2 is 1.08 bits per heavy atom. The largest absolute Gasteiger partial charge is 0.490 e. The molecule has 0 aromatic heterocycles. The molecule has 3 aromatic rings. The van der Waals surface area contributed by atoms with Gasteiger partial charge >= 0.3 is 11.4 Å². The second-order valence-electron chi connectivity index (χ2n) is 8.04. The van der Waals surface area contributed by atoms with Crippen molar-refractivity contribution in [3.63, 3.8) is 0 Å². The van der Waals surface area contributed by atoms with Crippen molar-refractivity contribution in [3.8, 4) is 23.0 Å². The van der Waals surface area contributed by atoms with E-state index in [-0.39, 0.29) is 13.2 Å². The van der Waals surface area contributed by atoms with Crippen molar-refractivity contribution >= 4 is 22.7 Å². The number of rotatable bonds is 5. The standard InChI is InChI=1S/C24H22N4O10/c29-26(30)17-12-18(27(31)32)24(19(13-17)28(33)34)25-16-14-37-22-8-3-1-6-20(22)35-10-5-11-36-21-7-2-4-9-23(21)38-15-16/h1-4,6-9,12-13,16,25H,5,10-11,14-15H2. The van der Waals surface area contributed by atoms with Gasteiger partial charge in [0.25, 0.3) is 5.69 Å². The highest BCUT2D eigenvalue weighted by Crippen LogP contribution is 2.39. The molecule has 0 unspecified atom stereocenters. The van der Waals surface area contributed by atoms with Crippen molar-refractivity contribution in [3.05, 3.63) is 91.0 Å². The van der Waals surface area contributed by atoms with Crippen LogP contribution in [0.15, 0.2) is 60.7 Å². The lowest BCUT2D eigenvalue weighted by molar-refractivity contribution is -0.401.